The third-order valence-corrected chi connectivity index (χ3v) is 10.0. The van der Waals surface area contributed by atoms with Crippen molar-refractivity contribution in [3.63, 3.8) is 0 Å². The molecule has 44 heavy (non-hydrogen) atoms. The van der Waals surface area contributed by atoms with E-state index in [-0.39, 0.29) is 18.6 Å². The number of allylic oxidation sites excluding steroid dienone is 2. The first kappa shape index (κ1) is 28.0. The van der Waals surface area contributed by atoms with Gasteiger partial charge in [-0.3, -0.25) is 19.2 Å². The lowest BCUT2D eigenvalue weighted by molar-refractivity contribution is -0.138. The van der Waals surface area contributed by atoms with Crippen molar-refractivity contribution in [2.24, 2.45) is 23.7 Å². The van der Waals surface area contributed by atoms with Crippen molar-refractivity contribution in [3.8, 4) is 5.75 Å². The number of halogens is 1. The predicted molar refractivity (Wildman–Crippen MR) is 158 cm³/mol. The second kappa shape index (κ2) is 10.2. The van der Waals surface area contributed by atoms with Crippen LogP contribution >= 0.6 is 11.6 Å². The van der Waals surface area contributed by atoms with E-state index < -0.39 is 64.7 Å². The van der Waals surface area contributed by atoms with E-state index in [1.807, 2.05) is 24.3 Å². The number of aromatic hydroxyl groups is 1. The number of carbonyl (C=O) groups is 5. The fourth-order valence-corrected chi connectivity index (χ4v) is 8.28. The van der Waals surface area contributed by atoms with Crippen molar-refractivity contribution in [2.45, 2.75) is 24.2 Å². The highest BCUT2D eigenvalue weighted by Crippen LogP contribution is 2.65. The number of amides is 5. The lowest BCUT2D eigenvalue weighted by atomic mass is 9.49. The summed E-state index contributed by atoms with van der Waals surface area (Å²) in [5, 5.41) is 11.6. The summed E-state index contributed by atoms with van der Waals surface area (Å²) in [6.45, 7) is 0. The average molecular weight is 611 g/mol. The highest BCUT2D eigenvalue weighted by atomic mass is 35.5. The average Bonchev–Trinajstić information content (AvgIpc) is 3.42. The zero-order valence-electron chi connectivity index (χ0n) is 23.6. The van der Waals surface area contributed by atoms with E-state index in [0.717, 1.165) is 12.0 Å². The Balaban J connectivity index is 1.49. The highest BCUT2D eigenvalue weighted by Gasteiger charge is 2.70. The number of para-hydroxylation sites is 1. The zero-order chi connectivity index (χ0) is 30.9. The van der Waals surface area contributed by atoms with Crippen LogP contribution in [0.4, 0.5) is 10.5 Å². The van der Waals surface area contributed by atoms with Gasteiger partial charge in [0.15, 0.2) is 0 Å². The molecular formula is C34H27ClN2O7. The smallest absolute Gasteiger partial charge is 0.423 e. The summed E-state index contributed by atoms with van der Waals surface area (Å²) in [5.74, 6) is -6.60. The fourth-order valence-electron chi connectivity index (χ4n) is 8.09. The lowest BCUT2D eigenvalue weighted by Crippen LogP contribution is -2.53. The van der Waals surface area contributed by atoms with E-state index in [1.54, 1.807) is 54.6 Å². The lowest BCUT2D eigenvalue weighted by Gasteiger charge is -2.50. The number of fused-ring (bicyclic) bond motifs is 4. The number of benzene rings is 3. The second-order valence-corrected chi connectivity index (χ2v) is 12.1. The number of ether oxygens (including phenoxy) is 1. The van der Waals surface area contributed by atoms with Gasteiger partial charge in [-0.2, -0.15) is 4.90 Å². The Morgan fingerprint density at radius 1 is 0.909 bits per heavy atom. The van der Waals surface area contributed by atoms with Crippen molar-refractivity contribution in [1.82, 2.24) is 4.90 Å². The topological polar surface area (TPSA) is 121 Å². The van der Waals surface area contributed by atoms with Crippen LogP contribution < -0.4 is 4.90 Å². The minimum absolute atomic E-state index is 0.0679. The van der Waals surface area contributed by atoms with Gasteiger partial charge < -0.3 is 9.84 Å². The summed E-state index contributed by atoms with van der Waals surface area (Å²) in [4.78, 5) is 70.9. The van der Waals surface area contributed by atoms with Crippen LogP contribution in [0.1, 0.15) is 29.9 Å². The number of anilines is 1. The number of imide groups is 4. The van der Waals surface area contributed by atoms with Gasteiger partial charge in [-0.15, -0.1) is 0 Å². The molecule has 2 aliphatic heterocycles. The molecule has 6 atom stereocenters. The maximum absolute atomic E-state index is 15.0. The minimum atomic E-state index is -1.50. The van der Waals surface area contributed by atoms with Crippen molar-refractivity contribution in [1.29, 1.82) is 0 Å². The third-order valence-electron chi connectivity index (χ3n) is 9.77. The Morgan fingerprint density at radius 2 is 1.64 bits per heavy atom. The van der Waals surface area contributed by atoms with Gasteiger partial charge in [-0.1, -0.05) is 77.8 Å². The number of nitrogens with zero attached hydrogens (tertiary/aromatic N) is 2. The molecular weight excluding hydrogens is 584 g/mol. The largest absolute Gasteiger partial charge is 0.508 e. The van der Waals surface area contributed by atoms with Crippen molar-refractivity contribution in [3.05, 3.63) is 107 Å². The number of hydrogen-bond donors (Lipinski definition) is 1. The molecule has 1 N–H and O–H groups in total. The van der Waals surface area contributed by atoms with Gasteiger partial charge in [0, 0.05) is 16.5 Å². The Bertz CT molecular complexity index is 1790. The van der Waals surface area contributed by atoms with Gasteiger partial charge in [0.2, 0.25) is 23.6 Å². The molecule has 0 radical (unpaired) electrons. The number of rotatable bonds is 3. The number of phenols is 1. The maximum atomic E-state index is 15.0. The van der Waals surface area contributed by atoms with Crippen LogP contribution in [0.25, 0.3) is 0 Å². The monoisotopic (exact) mass is 610 g/mol. The quantitative estimate of drug-likeness (QED) is 0.328. The normalized spacial score (nSPS) is 29.2. The van der Waals surface area contributed by atoms with Gasteiger partial charge in [-0.05, 0) is 48.6 Å². The number of methoxy groups -OCH3 is 1. The van der Waals surface area contributed by atoms with Crippen LogP contribution in [-0.4, -0.2) is 46.8 Å². The molecule has 2 saturated heterocycles. The summed E-state index contributed by atoms with van der Waals surface area (Å²) in [7, 11) is 1.10. The minimum Gasteiger partial charge on any atom is -0.508 e. The summed E-state index contributed by atoms with van der Waals surface area (Å²) < 4.78 is 4.75. The molecule has 0 aromatic heterocycles. The van der Waals surface area contributed by atoms with Crippen LogP contribution in [0.2, 0.25) is 5.02 Å². The first-order chi connectivity index (χ1) is 21.2. The van der Waals surface area contributed by atoms with E-state index in [2.05, 4.69) is 0 Å². The number of phenolic OH excluding ortho intramolecular Hbond substituents is 1. The molecule has 7 rings (SSSR count). The Morgan fingerprint density at radius 3 is 2.34 bits per heavy atom. The molecule has 222 valence electrons. The highest BCUT2D eigenvalue weighted by molar-refractivity contribution is 6.32. The van der Waals surface area contributed by atoms with Crippen molar-refractivity contribution < 1.29 is 33.8 Å². The Kier molecular flexibility index (Phi) is 6.48. The molecule has 9 nitrogen and oxygen atoms in total. The van der Waals surface area contributed by atoms with Gasteiger partial charge in [-0.25, -0.2) is 9.69 Å². The van der Waals surface area contributed by atoms with Gasteiger partial charge >= 0.3 is 6.09 Å². The van der Waals surface area contributed by atoms with E-state index in [4.69, 9.17) is 16.3 Å². The van der Waals surface area contributed by atoms with Crippen molar-refractivity contribution in [2.75, 3.05) is 12.0 Å². The van der Waals surface area contributed by atoms with E-state index in [1.165, 1.54) is 6.07 Å². The number of hydrogen-bond acceptors (Lipinski definition) is 7. The second-order valence-electron chi connectivity index (χ2n) is 11.6. The molecule has 6 unspecified atom stereocenters. The molecule has 3 aromatic carbocycles. The standard InChI is InChI=1S/C34H27ClN2O7/c1-44-33(43)37-29(39)23-15-14-21-24(27(23)31(37)41)17-25-30(40)36(20-11-7-10-19(35)16-20)32(42)34(25,18-8-3-2-4-9-18)28(21)22-12-5-6-13-26(22)38/h2-14,16,23-25,27-28,38H,15,17H2,1H3. The number of likely N-dealkylation sites (tertiary alicyclic amines) is 1. The van der Waals surface area contributed by atoms with Crippen LogP contribution in [0.15, 0.2) is 90.5 Å². The third kappa shape index (κ3) is 3.68. The van der Waals surface area contributed by atoms with Crippen LogP contribution in [-0.2, 0) is 29.3 Å². The van der Waals surface area contributed by atoms with E-state index in [9.17, 15) is 24.3 Å². The Labute approximate surface area is 257 Å². The zero-order valence-corrected chi connectivity index (χ0v) is 24.3. The first-order valence-corrected chi connectivity index (χ1v) is 14.7. The molecule has 5 amide bonds. The number of carbonyl (C=O) groups excluding carboxylic acids is 5. The molecule has 3 aromatic rings. The Hall–Kier alpha value is -4.76. The molecule has 3 fully saturated rings. The van der Waals surface area contributed by atoms with Gasteiger partial charge in [0.25, 0.3) is 0 Å². The van der Waals surface area contributed by atoms with Crippen LogP contribution in [0.3, 0.4) is 0 Å². The van der Waals surface area contributed by atoms with Crippen LogP contribution in [0.5, 0.6) is 5.75 Å². The molecule has 0 bridgehead atoms. The molecule has 10 heteroatoms. The molecule has 2 aliphatic carbocycles. The molecule has 1 saturated carbocycles. The SMILES string of the molecule is COC(=O)N1C(=O)C2CC=C3C(CC4C(=O)N(c5cccc(Cl)c5)C(=O)C4(c4ccccc4)C3c3ccccc3O)C2C1=O. The van der Waals surface area contributed by atoms with E-state index in [0.29, 0.717) is 32.3 Å². The predicted octanol–water partition coefficient (Wildman–Crippen LogP) is 4.97. The molecule has 0 spiro atoms. The molecule has 4 aliphatic rings. The maximum Gasteiger partial charge on any atom is 0.423 e. The summed E-state index contributed by atoms with van der Waals surface area (Å²) in [5.41, 5.74) is 0.503. The van der Waals surface area contributed by atoms with Gasteiger partial charge in [0.05, 0.1) is 36.0 Å². The first-order valence-electron chi connectivity index (χ1n) is 14.3. The van der Waals surface area contributed by atoms with E-state index >= 15 is 4.79 Å². The summed E-state index contributed by atoms with van der Waals surface area (Å²) in [6.07, 6.45) is 1.02. The fraction of sp³-hybridized carbons (Fsp3) is 0.265. The van der Waals surface area contributed by atoms with Crippen LogP contribution in [0, 0.1) is 23.7 Å². The van der Waals surface area contributed by atoms with Crippen molar-refractivity contribution >= 4 is 47.0 Å². The molecule has 2 heterocycles. The van der Waals surface area contributed by atoms with Gasteiger partial charge in [0.1, 0.15) is 5.75 Å². The summed E-state index contributed by atoms with van der Waals surface area (Å²) >= 11 is 6.31. The summed E-state index contributed by atoms with van der Waals surface area (Å²) in [6, 6.07) is 22.2.